The molecule has 0 saturated heterocycles. The van der Waals surface area contributed by atoms with Crippen molar-refractivity contribution in [1.29, 1.82) is 0 Å². The minimum atomic E-state index is -4.42. The van der Waals surface area contributed by atoms with Gasteiger partial charge in [0.05, 0.1) is 19.8 Å². The average molecular weight is 521 g/mol. The van der Waals surface area contributed by atoms with E-state index >= 15 is 0 Å². The second kappa shape index (κ2) is 9.78. The third kappa shape index (κ3) is 7.89. The van der Waals surface area contributed by atoms with Gasteiger partial charge >= 0.3 is 48.9 Å². The zero-order valence-corrected chi connectivity index (χ0v) is 18.9. The van der Waals surface area contributed by atoms with Crippen LogP contribution in [0.1, 0.15) is 0 Å². The first-order chi connectivity index (χ1) is 10.0. The van der Waals surface area contributed by atoms with Crippen LogP contribution in [0.3, 0.4) is 0 Å². The van der Waals surface area contributed by atoms with E-state index in [9.17, 15) is 25.9 Å². The molecule has 0 saturated carbocycles. The number of hydrogen-bond donors (Lipinski definition) is 0. The molecule has 0 spiro atoms. The molecule has 0 amide bonds. The number of halogens is 2. The monoisotopic (exact) mass is 520 g/mol. The SMILES string of the molecule is O=S(=O)([O-])c1ccccc1Cl.O=S(=O)([O-])c1ccccc1Cl.[Ba+2]. The normalized spacial score (nSPS) is 11.0. The summed E-state index contributed by atoms with van der Waals surface area (Å²) in [5.41, 5.74) is 0. The van der Waals surface area contributed by atoms with E-state index < -0.39 is 20.2 Å². The first kappa shape index (κ1) is 23.4. The predicted molar refractivity (Wildman–Crippen MR) is 84.6 cm³/mol. The predicted octanol–water partition coefficient (Wildman–Crippen LogP) is 2.11. The van der Waals surface area contributed by atoms with Gasteiger partial charge in [-0.15, -0.1) is 0 Å². The van der Waals surface area contributed by atoms with Gasteiger partial charge in [0.1, 0.15) is 20.2 Å². The maximum Gasteiger partial charge on any atom is 2.00 e. The molecule has 11 heteroatoms. The Morgan fingerprint density at radius 2 is 0.913 bits per heavy atom. The summed E-state index contributed by atoms with van der Waals surface area (Å²) in [7, 11) is -8.83. The van der Waals surface area contributed by atoms with Crippen molar-refractivity contribution < 1.29 is 25.9 Å². The Hall–Kier alpha value is 0.411. The molecule has 0 fully saturated rings. The van der Waals surface area contributed by atoms with Gasteiger partial charge in [-0.25, -0.2) is 16.8 Å². The second-order valence-electron chi connectivity index (χ2n) is 3.77. The third-order valence-electron chi connectivity index (χ3n) is 2.21. The van der Waals surface area contributed by atoms with Gasteiger partial charge in [0.25, 0.3) is 0 Å². The van der Waals surface area contributed by atoms with E-state index in [4.69, 9.17) is 23.2 Å². The van der Waals surface area contributed by atoms with Crippen molar-refractivity contribution in [2.24, 2.45) is 0 Å². The Labute approximate surface area is 184 Å². The molecule has 2 aromatic rings. The molecule has 0 radical (unpaired) electrons. The van der Waals surface area contributed by atoms with Gasteiger partial charge in [0.15, 0.2) is 0 Å². The number of rotatable bonds is 2. The minimum Gasteiger partial charge on any atom is -0.744 e. The van der Waals surface area contributed by atoms with E-state index in [2.05, 4.69) is 0 Å². The van der Waals surface area contributed by atoms with E-state index in [1.54, 1.807) is 12.1 Å². The van der Waals surface area contributed by atoms with Gasteiger partial charge in [-0.3, -0.25) is 0 Å². The van der Waals surface area contributed by atoms with Gasteiger partial charge in [-0.1, -0.05) is 47.5 Å². The number of hydrogen-bond acceptors (Lipinski definition) is 6. The molecule has 0 bridgehead atoms. The Balaban J connectivity index is 0.000000403. The van der Waals surface area contributed by atoms with Gasteiger partial charge in [-0.2, -0.15) is 0 Å². The van der Waals surface area contributed by atoms with Crippen LogP contribution in [-0.4, -0.2) is 74.8 Å². The molecule has 2 rings (SSSR count). The molecule has 2 aromatic carbocycles. The van der Waals surface area contributed by atoms with Gasteiger partial charge in [0.2, 0.25) is 0 Å². The quantitative estimate of drug-likeness (QED) is 0.443. The molecule has 0 aromatic heterocycles. The summed E-state index contributed by atoms with van der Waals surface area (Å²) >= 11 is 10.9. The van der Waals surface area contributed by atoms with Crippen LogP contribution in [0.4, 0.5) is 0 Å². The van der Waals surface area contributed by atoms with Crippen LogP contribution in [0.25, 0.3) is 0 Å². The van der Waals surface area contributed by atoms with Crippen molar-refractivity contribution in [1.82, 2.24) is 0 Å². The van der Waals surface area contributed by atoms with E-state index in [1.165, 1.54) is 36.4 Å². The summed E-state index contributed by atoms with van der Waals surface area (Å²) in [6.45, 7) is 0. The summed E-state index contributed by atoms with van der Waals surface area (Å²) in [6, 6.07) is 11.0. The first-order valence-corrected chi connectivity index (χ1v) is 9.01. The first-order valence-electron chi connectivity index (χ1n) is 5.44. The van der Waals surface area contributed by atoms with Crippen molar-refractivity contribution in [3.8, 4) is 0 Å². The maximum atomic E-state index is 10.4. The zero-order chi connectivity index (χ0) is 17.0. The molecule has 0 heterocycles. The van der Waals surface area contributed by atoms with E-state index in [1.807, 2.05) is 0 Å². The van der Waals surface area contributed by atoms with Crippen molar-refractivity contribution in [2.45, 2.75) is 9.79 Å². The Morgan fingerprint density at radius 3 is 1.09 bits per heavy atom. The molecule has 0 aliphatic heterocycles. The fourth-order valence-electron chi connectivity index (χ4n) is 1.29. The van der Waals surface area contributed by atoms with E-state index in [-0.39, 0.29) is 68.7 Å². The molecule has 6 nitrogen and oxygen atoms in total. The Kier molecular flexibility index (Phi) is 9.96. The van der Waals surface area contributed by atoms with Crippen molar-refractivity contribution in [3.05, 3.63) is 58.6 Å². The van der Waals surface area contributed by atoms with Crippen LogP contribution in [-0.2, 0) is 20.2 Å². The molecule has 23 heavy (non-hydrogen) atoms. The Morgan fingerprint density at radius 1 is 0.652 bits per heavy atom. The second-order valence-corrected chi connectivity index (χ2v) is 7.28. The summed E-state index contributed by atoms with van der Waals surface area (Å²) in [4.78, 5) is -0.747. The molecular weight excluding hydrogens is 512 g/mol. The van der Waals surface area contributed by atoms with E-state index in [0.717, 1.165) is 0 Å². The molecule has 0 unspecified atom stereocenters. The van der Waals surface area contributed by atoms with E-state index in [0.29, 0.717) is 0 Å². The van der Waals surface area contributed by atoms with Gasteiger partial charge < -0.3 is 9.11 Å². The minimum absolute atomic E-state index is 0. The summed E-state index contributed by atoms with van der Waals surface area (Å²) < 4.78 is 62.5. The smallest absolute Gasteiger partial charge is 0.744 e. The van der Waals surface area contributed by atoms with Crippen molar-refractivity contribution >= 4 is 92.3 Å². The molecule has 120 valence electrons. The van der Waals surface area contributed by atoms with Crippen LogP contribution in [0.15, 0.2) is 58.3 Å². The fraction of sp³-hybridized carbons (Fsp3) is 0. The molecular formula is C12H8BaCl2O6S2. The molecule has 0 atom stereocenters. The summed E-state index contributed by atoms with van der Waals surface area (Å²) in [5, 5.41) is -0.0787. The summed E-state index contributed by atoms with van der Waals surface area (Å²) in [5.74, 6) is 0. The van der Waals surface area contributed by atoms with Crippen LogP contribution < -0.4 is 0 Å². The van der Waals surface area contributed by atoms with Crippen molar-refractivity contribution in [2.75, 3.05) is 0 Å². The van der Waals surface area contributed by atoms with Crippen LogP contribution in [0.5, 0.6) is 0 Å². The average Bonchev–Trinajstić information content (AvgIpc) is 2.37. The van der Waals surface area contributed by atoms with Gasteiger partial charge in [0, 0.05) is 0 Å². The largest absolute Gasteiger partial charge is 2.00 e. The molecule has 0 aliphatic carbocycles. The standard InChI is InChI=1S/2C6H5ClO3S.Ba/c2*7-5-3-1-2-4-6(5)11(8,9)10;/h2*1-4H,(H,8,9,10);/q;;+2/p-2. The van der Waals surface area contributed by atoms with Gasteiger partial charge in [-0.05, 0) is 24.3 Å². The third-order valence-corrected chi connectivity index (χ3v) is 4.88. The fourth-order valence-corrected chi connectivity index (χ4v) is 3.24. The van der Waals surface area contributed by atoms with Crippen LogP contribution in [0.2, 0.25) is 10.0 Å². The summed E-state index contributed by atoms with van der Waals surface area (Å²) in [6.07, 6.45) is 0. The zero-order valence-electron chi connectivity index (χ0n) is 11.3. The maximum absolute atomic E-state index is 10.4. The van der Waals surface area contributed by atoms with Crippen LogP contribution in [0, 0.1) is 0 Å². The molecule has 0 N–H and O–H groups in total. The van der Waals surface area contributed by atoms with Crippen LogP contribution >= 0.6 is 23.2 Å². The number of benzene rings is 2. The Bertz CT molecular complexity index is 795. The topological polar surface area (TPSA) is 114 Å². The van der Waals surface area contributed by atoms with Crippen molar-refractivity contribution in [3.63, 3.8) is 0 Å². The molecule has 0 aliphatic rings.